The minimum Gasteiger partial charge on any atom is -0.481 e. The van der Waals surface area contributed by atoms with E-state index in [-0.39, 0.29) is 29.3 Å². The van der Waals surface area contributed by atoms with E-state index in [9.17, 15) is 22.8 Å². The number of hydrogen-bond donors (Lipinski definition) is 2. The number of anilines is 1. The molecule has 0 bridgehead atoms. The molecule has 0 atom stereocenters. The summed E-state index contributed by atoms with van der Waals surface area (Å²) in [5.41, 5.74) is 1.87. The minimum absolute atomic E-state index is 0.0332. The number of aromatic nitrogens is 3. The van der Waals surface area contributed by atoms with E-state index in [0.717, 1.165) is 28.7 Å². The molecule has 4 aromatic rings. The molecule has 186 valence electrons. The number of nitrogens with zero attached hydrogens (tertiary/aromatic N) is 2. The highest BCUT2D eigenvalue weighted by molar-refractivity contribution is 14.1. The van der Waals surface area contributed by atoms with Gasteiger partial charge in [0.05, 0.1) is 31.0 Å². The third-order valence-corrected chi connectivity index (χ3v) is 6.10. The lowest BCUT2D eigenvalue weighted by atomic mass is 10.0. The number of H-pyrrole nitrogens is 1. The van der Waals surface area contributed by atoms with Gasteiger partial charge in [0.2, 0.25) is 11.8 Å². The Morgan fingerprint density at radius 3 is 2.58 bits per heavy atom. The zero-order valence-corrected chi connectivity index (χ0v) is 21.3. The number of benzene rings is 1. The quantitative estimate of drug-likeness (QED) is 0.145. The number of carbonyl (C=O) groups excluding carboxylic acids is 2. The first kappa shape index (κ1) is 25.6. The van der Waals surface area contributed by atoms with E-state index in [0.29, 0.717) is 34.1 Å². The molecule has 2 N–H and O–H groups in total. The van der Waals surface area contributed by atoms with Crippen molar-refractivity contribution in [3.05, 3.63) is 71.4 Å². The molecule has 36 heavy (non-hydrogen) atoms. The van der Waals surface area contributed by atoms with Crippen LogP contribution < -0.4 is 10.1 Å². The van der Waals surface area contributed by atoms with Gasteiger partial charge in [-0.15, -0.1) is 0 Å². The average Bonchev–Trinajstić information content (AvgIpc) is 3.27. The summed E-state index contributed by atoms with van der Waals surface area (Å²) in [4.78, 5) is 35.7. The van der Waals surface area contributed by atoms with Gasteiger partial charge in [0.1, 0.15) is 11.5 Å². The fourth-order valence-electron chi connectivity index (χ4n) is 3.72. The monoisotopic (exact) mass is 608 g/mol. The molecule has 0 radical (unpaired) electrons. The fourth-order valence-corrected chi connectivity index (χ4v) is 4.10. The number of Topliss-reactive ketones (excluding diaryl/α,β-unsaturated/α-hetero) is 1. The third-order valence-electron chi connectivity index (χ3n) is 5.52. The Morgan fingerprint density at radius 2 is 1.92 bits per heavy atom. The zero-order valence-electron chi connectivity index (χ0n) is 19.2. The van der Waals surface area contributed by atoms with Gasteiger partial charge in [-0.1, -0.05) is 19.1 Å². The number of halogens is 4. The van der Waals surface area contributed by atoms with E-state index in [1.165, 1.54) is 25.4 Å². The lowest BCUT2D eigenvalue weighted by Crippen LogP contribution is -2.16. The van der Waals surface area contributed by atoms with E-state index in [4.69, 9.17) is 4.74 Å². The van der Waals surface area contributed by atoms with Crippen LogP contribution in [0.5, 0.6) is 5.88 Å². The topological polar surface area (TPSA) is 97.0 Å². The summed E-state index contributed by atoms with van der Waals surface area (Å²) in [6.07, 6.45) is 4.38. The van der Waals surface area contributed by atoms with Crippen molar-refractivity contribution in [3.8, 4) is 17.0 Å². The lowest BCUT2D eigenvalue weighted by Gasteiger charge is -2.14. The van der Waals surface area contributed by atoms with Crippen molar-refractivity contribution in [2.24, 2.45) is 0 Å². The Hall–Kier alpha value is -3.48. The van der Waals surface area contributed by atoms with Crippen molar-refractivity contribution in [3.63, 3.8) is 0 Å². The SMILES string of the molecule is CCC(=O)c1c[nH]c2ncc(-c3ccc(CC(=O)Nc4cnc(OC)c(C(F)(F)I)c4)c(F)c3)cc12. The summed E-state index contributed by atoms with van der Waals surface area (Å²) in [6, 6.07) is 7.23. The number of nitrogens with one attached hydrogen (secondary N) is 2. The molecule has 0 saturated carbocycles. The molecule has 0 aliphatic carbocycles. The first-order valence-electron chi connectivity index (χ1n) is 10.8. The number of fused-ring (bicyclic) bond motifs is 1. The van der Waals surface area contributed by atoms with Crippen molar-refractivity contribution < 1.29 is 27.5 Å². The van der Waals surface area contributed by atoms with Crippen LogP contribution >= 0.6 is 22.6 Å². The molecule has 4 rings (SSSR count). The van der Waals surface area contributed by atoms with Crippen molar-refractivity contribution in [2.75, 3.05) is 12.4 Å². The molecule has 0 aliphatic rings. The smallest absolute Gasteiger partial charge is 0.326 e. The van der Waals surface area contributed by atoms with Gasteiger partial charge in [-0.05, 0) is 29.3 Å². The maximum atomic E-state index is 14.9. The number of methoxy groups -OCH3 is 1. The van der Waals surface area contributed by atoms with Crippen LogP contribution in [-0.2, 0) is 15.1 Å². The fraction of sp³-hybridized carbons (Fsp3) is 0.200. The van der Waals surface area contributed by atoms with Crippen LogP contribution in [-0.4, -0.2) is 33.8 Å². The van der Waals surface area contributed by atoms with Crippen LogP contribution in [0.4, 0.5) is 18.9 Å². The maximum Gasteiger partial charge on any atom is 0.326 e. The first-order chi connectivity index (χ1) is 17.1. The van der Waals surface area contributed by atoms with Crippen molar-refractivity contribution in [2.45, 2.75) is 23.7 Å². The van der Waals surface area contributed by atoms with E-state index in [1.54, 1.807) is 31.5 Å². The number of carbonyl (C=O) groups is 2. The highest BCUT2D eigenvalue weighted by Crippen LogP contribution is 2.40. The molecule has 0 unspecified atom stereocenters. The second kappa shape index (κ2) is 10.2. The largest absolute Gasteiger partial charge is 0.481 e. The number of rotatable bonds is 8. The second-order valence-corrected chi connectivity index (χ2v) is 9.26. The van der Waals surface area contributed by atoms with Crippen LogP contribution in [0.15, 0.2) is 48.9 Å². The predicted molar refractivity (Wildman–Crippen MR) is 137 cm³/mol. The van der Waals surface area contributed by atoms with E-state index >= 15 is 0 Å². The first-order valence-corrected chi connectivity index (χ1v) is 11.9. The molecular formula is C25H20F3IN4O3. The second-order valence-electron chi connectivity index (χ2n) is 7.91. The third kappa shape index (κ3) is 5.35. The number of alkyl halides is 3. The van der Waals surface area contributed by atoms with Gasteiger partial charge in [0, 0.05) is 57.9 Å². The van der Waals surface area contributed by atoms with Crippen molar-refractivity contribution >= 4 is 51.0 Å². The Kier molecular flexibility index (Phi) is 7.29. The van der Waals surface area contributed by atoms with Crippen LogP contribution in [0.3, 0.4) is 0 Å². The maximum absolute atomic E-state index is 14.9. The molecule has 7 nitrogen and oxygen atoms in total. The molecule has 0 aliphatic heterocycles. The number of amides is 1. The standard InChI is InChI=1S/C25H20F3IN4O3/c1-3-21(34)18-12-31-23-17(18)6-15(10-30-23)13-4-5-14(20(26)7-13)8-22(35)33-16-9-19(25(27,28)29)24(36-2)32-11-16/h4-7,9-12H,3,8H2,1-2H3,(H,30,31)(H,33,35). The molecule has 3 aromatic heterocycles. The number of hydrogen-bond acceptors (Lipinski definition) is 5. The van der Waals surface area contributed by atoms with Gasteiger partial charge in [0.15, 0.2) is 5.78 Å². The molecule has 1 aromatic carbocycles. The number of aromatic amines is 1. The molecule has 1 amide bonds. The number of ketones is 1. The van der Waals surface area contributed by atoms with E-state index in [2.05, 4.69) is 20.3 Å². The average molecular weight is 608 g/mol. The van der Waals surface area contributed by atoms with E-state index in [1.807, 2.05) is 0 Å². The Morgan fingerprint density at radius 1 is 1.14 bits per heavy atom. The Balaban J connectivity index is 1.53. The summed E-state index contributed by atoms with van der Waals surface area (Å²) in [6.45, 7) is 1.77. The summed E-state index contributed by atoms with van der Waals surface area (Å²) >= 11 is 0.945. The van der Waals surface area contributed by atoms with Gasteiger partial charge in [-0.3, -0.25) is 9.59 Å². The van der Waals surface area contributed by atoms with Crippen LogP contribution in [0.2, 0.25) is 0 Å². The van der Waals surface area contributed by atoms with Crippen molar-refractivity contribution in [1.29, 1.82) is 0 Å². The van der Waals surface area contributed by atoms with Crippen molar-refractivity contribution in [1.82, 2.24) is 15.0 Å². The molecule has 3 heterocycles. The van der Waals surface area contributed by atoms with Gasteiger partial charge in [-0.25, -0.2) is 14.4 Å². The Bertz CT molecular complexity index is 1470. The summed E-state index contributed by atoms with van der Waals surface area (Å²) in [7, 11) is 1.22. The molecule has 0 saturated heterocycles. The molecular weight excluding hydrogens is 588 g/mol. The van der Waals surface area contributed by atoms with Crippen LogP contribution in [0.1, 0.15) is 34.8 Å². The summed E-state index contributed by atoms with van der Waals surface area (Å²) < 4.78 is 44.1. The highest BCUT2D eigenvalue weighted by Gasteiger charge is 2.32. The van der Waals surface area contributed by atoms with Gasteiger partial charge >= 0.3 is 3.93 Å². The van der Waals surface area contributed by atoms with Crippen LogP contribution in [0.25, 0.3) is 22.2 Å². The molecule has 0 spiro atoms. The summed E-state index contributed by atoms with van der Waals surface area (Å²) in [5.74, 6) is -1.51. The number of ether oxygens (including phenoxy) is 1. The normalized spacial score (nSPS) is 11.5. The zero-order chi connectivity index (χ0) is 26.0. The van der Waals surface area contributed by atoms with E-state index < -0.39 is 21.2 Å². The number of pyridine rings is 2. The highest BCUT2D eigenvalue weighted by atomic mass is 127. The molecule has 11 heteroatoms. The Labute approximate surface area is 217 Å². The van der Waals surface area contributed by atoms with Crippen LogP contribution in [0, 0.1) is 5.82 Å². The predicted octanol–water partition coefficient (Wildman–Crippen LogP) is 6.03. The minimum atomic E-state index is -3.26. The summed E-state index contributed by atoms with van der Waals surface area (Å²) in [5, 5.41) is 3.11. The molecule has 0 fully saturated rings. The van der Waals surface area contributed by atoms with Gasteiger partial charge in [-0.2, -0.15) is 8.78 Å². The van der Waals surface area contributed by atoms with Gasteiger partial charge < -0.3 is 15.0 Å². The lowest BCUT2D eigenvalue weighted by molar-refractivity contribution is -0.115. The van der Waals surface area contributed by atoms with Gasteiger partial charge in [0.25, 0.3) is 0 Å².